The molecule has 4 rings (SSSR count). The average molecular weight is 396 g/mol. The monoisotopic (exact) mass is 396 g/mol. The first-order chi connectivity index (χ1) is 13.2. The van der Waals surface area contributed by atoms with E-state index >= 15 is 0 Å². The van der Waals surface area contributed by atoms with Crippen molar-refractivity contribution in [2.75, 3.05) is 19.7 Å². The summed E-state index contributed by atoms with van der Waals surface area (Å²) in [5.74, 6) is 0.799. The lowest BCUT2D eigenvalue weighted by Crippen LogP contribution is -2.65. The van der Waals surface area contributed by atoms with Crippen molar-refractivity contribution in [2.24, 2.45) is 11.8 Å². The molecule has 1 aromatic carbocycles. The van der Waals surface area contributed by atoms with Crippen LogP contribution in [0.5, 0.6) is 0 Å². The standard InChI is InChI=1S/C21H27F3N2O2/c1-14(2)18-13-28-20-9-10-25(12-17(20)7-8-19(27)26(18)20)11-15-3-5-16(6-4-15)21(22,23)24/h3-6,14,17-18H,7-13H2,1-2H3/t17-,18-,20-/m1/s1. The fourth-order valence-electron chi connectivity index (χ4n) is 5.05. The normalized spacial score (nSPS) is 31.2. The Morgan fingerprint density at radius 3 is 2.61 bits per heavy atom. The minimum Gasteiger partial charge on any atom is -0.353 e. The van der Waals surface area contributed by atoms with Gasteiger partial charge < -0.3 is 9.64 Å². The Labute approximate surface area is 163 Å². The third-order valence-electron chi connectivity index (χ3n) is 6.58. The summed E-state index contributed by atoms with van der Waals surface area (Å²) in [4.78, 5) is 17.0. The molecule has 4 nitrogen and oxygen atoms in total. The molecule has 7 heteroatoms. The molecule has 3 fully saturated rings. The van der Waals surface area contributed by atoms with Crippen LogP contribution in [0.4, 0.5) is 13.2 Å². The molecule has 0 radical (unpaired) electrons. The molecular weight excluding hydrogens is 369 g/mol. The number of piperidine rings is 2. The van der Waals surface area contributed by atoms with Crippen LogP contribution in [0, 0.1) is 11.8 Å². The van der Waals surface area contributed by atoms with E-state index in [0.717, 1.165) is 43.6 Å². The van der Waals surface area contributed by atoms with E-state index in [1.807, 2.05) is 4.90 Å². The van der Waals surface area contributed by atoms with E-state index in [4.69, 9.17) is 4.74 Å². The van der Waals surface area contributed by atoms with Gasteiger partial charge in [0.1, 0.15) is 5.72 Å². The van der Waals surface area contributed by atoms with E-state index in [0.29, 0.717) is 25.5 Å². The molecule has 28 heavy (non-hydrogen) atoms. The number of amides is 1. The smallest absolute Gasteiger partial charge is 0.353 e. The minimum atomic E-state index is -4.30. The van der Waals surface area contributed by atoms with Crippen LogP contribution in [0.1, 0.15) is 44.2 Å². The quantitative estimate of drug-likeness (QED) is 0.777. The summed E-state index contributed by atoms with van der Waals surface area (Å²) >= 11 is 0. The summed E-state index contributed by atoms with van der Waals surface area (Å²) in [6.45, 7) is 7.04. The summed E-state index contributed by atoms with van der Waals surface area (Å²) in [6, 6.07) is 5.55. The van der Waals surface area contributed by atoms with Crippen LogP contribution >= 0.6 is 0 Å². The Bertz CT molecular complexity index is 734. The Morgan fingerprint density at radius 1 is 1.25 bits per heavy atom. The Hall–Kier alpha value is -1.60. The summed E-state index contributed by atoms with van der Waals surface area (Å²) < 4.78 is 44.6. The lowest BCUT2D eigenvalue weighted by atomic mass is 9.79. The van der Waals surface area contributed by atoms with Gasteiger partial charge in [-0.1, -0.05) is 26.0 Å². The van der Waals surface area contributed by atoms with Gasteiger partial charge in [0.15, 0.2) is 0 Å². The van der Waals surface area contributed by atoms with Crippen molar-refractivity contribution in [2.45, 2.75) is 57.6 Å². The number of ether oxygens (including phenoxy) is 1. The SMILES string of the molecule is CC(C)[C@H]1CO[C@]23CCN(Cc4ccc(C(F)(F)F)cc4)C[C@H]2CCC(=O)N13. The predicted molar refractivity (Wildman–Crippen MR) is 98.2 cm³/mol. The molecule has 0 aliphatic carbocycles. The van der Waals surface area contributed by atoms with E-state index in [1.54, 1.807) is 12.1 Å². The summed E-state index contributed by atoms with van der Waals surface area (Å²) in [7, 11) is 0. The number of carbonyl (C=O) groups is 1. The molecular formula is C21H27F3N2O2. The molecule has 3 aliphatic rings. The molecule has 0 N–H and O–H groups in total. The molecule has 0 bridgehead atoms. The van der Waals surface area contributed by atoms with Gasteiger partial charge >= 0.3 is 6.18 Å². The third kappa shape index (κ3) is 3.32. The van der Waals surface area contributed by atoms with Gasteiger partial charge in [0.2, 0.25) is 5.91 Å². The fourth-order valence-corrected chi connectivity index (χ4v) is 5.05. The van der Waals surface area contributed by atoms with Crippen LogP contribution in [0.2, 0.25) is 0 Å². The van der Waals surface area contributed by atoms with Crippen molar-refractivity contribution in [1.29, 1.82) is 0 Å². The van der Waals surface area contributed by atoms with Crippen molar-refractivity contribution in [1.82, 2.24) is 9.80 Å². The average Bonchev–Trinajstić information content (AvgIpc) is 3.03. The van der Waals surface area contributed by atoms with Crippen molar-refractivity contribution in [3.8, 4) is 0 Å². The van der Waals surface area contributed by atoms with Crippen molar-refractivity contribution in [3.05, 3.63) is 35.4 Å². The second-order valence-corrected chi connectivity index (χ2v) is 8.65. The van der Waals surface area contributed by atoms with E-state index < -0.39 is 17.5 Å². The Balaban J connectivity index is 1.46. The lowest BCUT2D eigenvalue weighted by Gasteiger charge is -2.53. The number of halogens is 3. The third-order valence-corrected chi connectivity index (χ3v) is 6.58. The van der Waals surface area contributed by atoms with Crippen LogP contribution in [-0.2, 0) is 22.3 Å². The molecule has 3 aliphatic heterocycles. The number of alkyl halides is 3. The van der Waals surface area contributed by atoms with Gasteiger partial charge in [-0.15, -0.1) is 0 Å². The Morgan fingerprint density at radius 2 is 1.96 bits per heavy atom. The number of likely N-dealkylation sites (tertiary alicyclic amines) is 1. The zero-order valence-corrected chi connectivity index (χ0v) is 16.3. The van der Waals surface area contributed by atoms with E-state index in [-0.39, 0.29) is 17.9 Å². The van der Waals surface area contributed by atoms with Gasteiger partial charge in [0.05, 0.1) is 18.2 Å². The van der Waals surface area contributed by atoms with Crippen molar-refractivity contribution in [3.63, 3.8) is 0 Å². The second kappa shape index (κ2) is 7.02. The number of rotatable bonds is 3. The van der Waals surface area contributed by atoms with Gasteiger partial charge in [0.25, 0.3) is 0 Å². The van der Waals surface area contributed by atoms with E-state index in [1.165, 1.54) is 0 Å². The highest BCUT2D eigenvalue weighted by Gasteiger charge is 2.58. The number of carbonyl (C=O) groups excluding carboxylic acids is 1. The van der Waals surface area contributed by atoms with E-state index in [2.05, 4.69) is 18.7 Å². The molecule has 3 heterocycles. The van der Waals surface area contributed by atoms with Crippen LogP contribution in [-0.4, -0.2) is 47.2 Å². The molecule has 1 aromatic rings. The fraction of sp³-hybridized carbons (Fsp3) is 0.667. The molecule has 3 saturated heterocycles. The molecule has 1 spiro atoms. The predicted octanol–water partition coefficient (Wildman–Crippen LogP) is 3.90. The summed E-state index contributed by atoms with van der Waals surface area (Å²) in [5.41, 5.74) is -0.226. The maximum Gasteiger partial charge on any atom is 0.416 e. The zero-order valence-electron chi connectivity index (χ0n) is 16.3. The summed E-state index contributed by atoms with van der Waals surface area (Å²) in [5, 5.41) is 0. The van der Waals surface area contributed by atoms with Gasteiger partial charge in [-0.3, -0.25) is 9.69 Å². The summed E-state index contributed by atoms with van der Waals surface area (Å²) in [6.07, 6.45) is -2.19. The number of nitrogens with zero attached hydrogens (tertiary/aromatic N) is 2. The maximum atomic E-state index is 12.8. The van der Waals surface area contributed by atoms with Crippen LogP contribution in [0.3, 0.4) is 0 Å². The first kappa shape index (κ1) is 19.7. The molecule has 1 amide bonds. The number of hydrogen-bond donors (Lipinski definition) is 0. The highest BCUT2D eigenvalue weighted by molar-refractivity contribution is 5.78. The minimum absolute atomic E-state index is 0.136. The first-order valence-corrected chi connectivity index (χ1v) is 10.1. The topological polar surface area (TPSA) is 32.8 Å². The van der Waals surface area contributed by atoms with Crippen LogP contribution < -0.4 is 0 Å². The molecule has 154 valence electrons. The van der Waals surface area contributed by atoms with Gasteiger partial charge in [0, 0.05) is 38.4 Å². The highest BCUT2D eigenvalue weighted by atomic mass is 19.4. The molecule has 0 unspecified atom stereocenters. The second-order valence-electron chi connectivity index (χ2n) is 8.65. The van der Waals surface area contributed by atoms with Crippen molar-refractivity contribution < 1.29 is 22.7 Å². The first-order valence-electron chi connectivity index (χ1n) is 10.1. The Kier molecular flexibility index (Phi) is 4.94. The van der Waals surface area contributed by atoms with Crippen LogP contribution in [0.25, 0.3) is 0 Å². The van der Waals surface area contributed by atoms with E-state index in [9.17, 15) is 18.0 Å². The van der Waals surface area contributed by atoms with Gasteiger partial charge in [-0.05, 0) is 30.0 Å². The van der Waals surface area contributed by atoms with Crippen molar-refractivity contribution >= 4 is 5.91 Å². The number of hydrogen-bond acceptors (Lipinski definition) is 3. The van der Waals surface area contributed by atoms with Crippen LogP contribution in [0.15, 0.2) is 24.3 Å². The molecule has 0 aromatic heterocycles. The molecule has 3 atom stereocenters. The highest BCUT2D eigenvalue weighted by Crippen LogP contribution is 2.47. The van der Waals surface area contributed by atoms with Gasteiger partial charge in [-0.25, -0.2) is 0 Å². The van der Waals surface area contributed by atoms with Gasteiger partial charge in [-0.2, -0.15) is 13.2 Å². The lowest BCUT2D eigenvalue weighted by molar-refractivity contribution is -0.193. The zero-order chi connectivity index (χ0) is 20.1. The number of benzene rings is 1. The molecule has 0 saturated carbocycles. The largest absolute Gasteiger partial charge is 0.416 e. The maximum absolute atomic E-state index is 12.8.